The lowest BCUT2D eigenvalue weighted by molar-refractivity contribution is 0.101. The highest BCUT2D eigenvalue weighted by atomic mass is 16.5. The maximum atomic E-state index is 11.2. The second-order valence-electron chi connectivity index (χ2n) is 2.85. The normalized spacial score (nSPS) is 9.64. The number of ketones is 1. The Kier molecular flexibility index (Phi) is 2.96. The largest absolute Gasteiger partial charge is 0.497 e. The number of nitrogen functional groups attached to an aromatic ring is 1. The van der Waals surface area contributed by atoms with Crippen LogP contribution in [0.5, 0.6) is 11.5 Å². The van der Waals surface area contributed by atoms with Gasteiger partial charge >= 0.3 is 0 Å². The van der Waals surface area contributed by atoms with E-state index in [9.17, 15) is 4.79 Å². The number of methoxy groups -OCH3 is 2. The third-order valence-corrected chi connectivity index (χ3v) is 1.95. The van der Waals surface area contributed by atoms with Gasteiger partial charge in [0.25, 0.3) is 0 Å². The molecule has 0 aliphatic rings. The number of benzene rings is 1. The predicted molar refractivity (Wildman–Crippen MR) is 54.0 cm³/mol. The lowest BCUT2D eigenvalue weighted by atomic mass is 10.1. The first-order valence-electron chi connectivity index (χ1n) is 4.12. The molecule has 0 aliphatic heterocycles. The average molecular weight is 195 g/mol. The Morgan fingerprint density at radius 2 is 1.93 bits per heavy atom. The smallest absolute Gasteiger partial charge is 0.162 e. The van der Waals surface area contributed by atoms with E-state index in [0.29, 0.717) is 22.7 Å². The van der Waals surface area contributed by atoms with Crippen LogP contribution in [0.25, 0.3) is 0 Å². The summed E-state index contributed by atoms with van der Waals surface area (Å²) in [6.45, 7) is 1.45. The van der Waals surface area contributed by atoms with E-state index in [4.69, 9.17) is 15.2 Å². The van der Waals surface area contributed by atoms with Gasteiger partial charge in [0.2, 0.25) is 0 Å². The number of Topliss-reactive ketones (excluding diaryl/α,β-unsaturated/α-hetero) is 1. The summed E-state index contributed by atoms with van der Waals surface area (Å²) in [5.41, 5.74) is 6.48. The van der Waals surface area contributed by atoms with Crippen LogP contribution in [0.4, 0.5) is 5.69 Å². The molecule has 0 saturated carbocycles. The molecule has 0 aromatic heterocycles. The van der Waals surface area contributed by atoms with Gasteiger partial charge in [0, 0.05) is 11.6 Å². The van der Waals surface area contributed by atoms with Crippen molar-refractivity contribution in [1.29, 1.82) is 0 Å². The third-order valence-electron chi connectivity index (χ3n) is 1.95. The third kappa shape index (κ3) is 1.79. The zero-order chi connectivity index (χ0) is 10.7. The summed E-state index contributed by atoms with van der Waals surface area (Å²) in [5.74, 6) is 0.899. The van der Waals surface area contributed by atoms with E-state index in [-0.39, 0.29) is 5.78 Å². The zero-order valence-electron chi connectivity index (χ0n) is 8.46. The summed E-state index contributed by atoms with van der Waals surface area (Å²) in [6.07, 6.45) is 0. The maximum Gasteiger partial charge on any atom is 0.162 e. The van der Waals surface area contributed by atoms with Crippen molar-refractivity contribution in [3.63, 3.8) is 0 Å². The van der Waals surface area contributed by atoms with Crippen LogP contribution >= 0.6 is 0 Å². The van der Waals surface area contributed by atoms with Gasteiger partial charge in [-0.05, 0) is 13.0 Å². The number of carbonyl (C=O) groups is 1. The second kappa shape index (κ2) is 4.00. The highest BCUT2D eigenvalue weighted by molar-refractivity contribution is 6.00. The minimum absolute atomic E-state index is 0.111. The topological polar surface area (TPSA) is 61.6 Å². The Morgan fingerprint density at radius 1 is 1.29 bits per heavy atom. The quantitative estimate of drug-likeness (QED) is 0.586. The summed E-state index contributed by atoms with van der Waals surface area (Å²) >= 11 is 0. The molecule has 0 fully saturated rings. The molecule has 76 valence electrons. The highest BCUT2D eigenvalue weighted by Gasteiger charge is 2.12. The molecule has 0 radical (unpaired) electrons. The minimum Gasteiger partial charge on any atom is -0.497 e. The number of hydrogen-bond donors (Lipinski definition) is 1. The fourth-order valence-corrected chi connectivity index (χ4v) is 1.18. The predicted octanol–water partition coefficient (Wildman–Crippen LogP) is 1.49. The Labute approximate surface area is 82.6 Å². The number of carbonyl (C=O) groups excluding carboxylic acids is 1. The van der Waals surface area contributed by atoms with Crippen molar-refractivity contribution in [2.75, 3.05) is 20.0 Å². The molecular weight excluding hydrogens is 182 g/mol. The van der Waals surface area contributed by atoms with E-state index in [0.717, 1.165) is 0 Å². The van der Waals surface area contributed by atoms with Crippen molar-refractivity contribution in [2.45, 2.75) is 6.92 Å². The molecule has 14 heavy (non-hydrogen) atoms. The summed E-state index contributed by atoms with van der Waals surface area (Å²) in [6, 6.07) is 3.24. The Balaban J connectivity index is 3.34. The van der Waals surface area contributed by atoms with E-state index >= 15 is 0 Å². The van der Waals surface area contributed by atoms with Crippen LogP contribution in [0.15, 0.2) is 12.1 Å². The van der Waals surface area contributed by atoms with Crippen LogP contribution in [0.1, 0.15) is 17.3 Å². The van der Waals surface area contributed by atoms with Crippen molar-refractivity contribution in [3.8, 4) is 11.5 Å². The molecule has 4 nitrogen and oxygen atoms in total. The number of rotatable bonds is 3. The van der Waals surface area contributed by atoms with Gasteiger partial charge in [-0.1, -0.05) is 0 Å². The SMILES string of the molecule is COc1cc(OC)c(N)c(C(C)=O)c1. The molecule has 0 unspecified atom stereocenters. The zero-order valence-corrected chi connectivity index (χ0v) is 8.46. The molecule has 0 bridgehead atoms. The monoisotopic (exact) mass is 195 g/mol. The minimum atomic E-state index is -0.111. The van der Waals surface area contributed by atoms with E-state index in [1.807, 2.05) is 0 Å². The van der Waals surface area contributed by atoms with E-state index < -0.39 is 0 Å². The van der Waals surface area contributed by atoms with Crippen LogP contribution in [-0.2, 0) is 0 Å². The van der Waals surface area contributed by atoms with Crippen molar-refractivity contribution < 1.29 is 14.3 Å². The van der Waals surface area contributed by atoms with Gasteiger partial charge in [-0.25, -0.2) is 0 Å². The fourth-order valence-electron chi connectivity index (χ4n) is 1.18. The second-order valence-corrected chi connectivity index (χ2v) is 2.85. The van der Waals surface area contributed by atoms with Crippen LogP contribution in [0.3, 0.4) is 0 Å². The molecule has 0 aliphatic carbocycles. The van der Waals surface area contributed by atoms with Crippen molar-refractivity contribution in [3.05, 3.63) is 17.7 Å². The van der Waals surface area contributed by atoms with Gasteiger partial charge < -0.3 is 15.2 Å². The van der Waals surface area contributed by atoms with Gasteiger partial charge in [-0.15, -0.1) is 0 Å². The Morgan fingerprint density at radius 3 is 2.36 bits per heavy atom. The first-order chi connectivity index (χ1) is 6.60. The van der Waals surface area contributed by atoms with Gasteiger partial charge in [0.1, 0.15) is 11.5 Å². The van der Waals surface area contributed by atoms with Crippen LogP contribution in [-0.4, -0.2) is 20.0 Å². The molecule has 1 aromatic rings. The summed E-state index contributed by atoms with van der Waals surface area (Å²) in [7, 11) is 3.02. The fraction of sp³-hybridized carbons (Fsp3) is 0.300. The number of hydrogen-bond acceptors (Lipinski definition) is 4. The lowest BCUT2D eigenvalue weighted by Crippen LogP contribution is -2.03. The Hall–Kier alpha value is -1.71. The average Bonchev–Trinajstić information content (AvgIpc) is 2.17. The number of anilines is 1. The molecule has 0 heterocycles. The molecular formula is C10H13NO3. The Bertz CT molecular complexity index is 361. The molecule has 0 atom stereocenters. The van der Waals surface area contributed by atoms with E-state index in [2.05, 4.69) is 0 Å². The van der Waals surface area contributed by atoms with Crippen molar-refractivity contribution in [1.82, 2.24) is 0 Å². The first-order valence-corrected chi connectivity index (χ1v) is 4.12. The van der Waals surface area contributed by atoms with Crippen LogP contribution in [0, 0.1) is 0 Å². The number of ether oxygens (including phenoxy) is 2. The molecule has 1 rings (SSSR count). The molecule has 1 aromatic carbocycles. The molecule has 0 spiro atoms. The van der Waals surface area contributed by atoms with Crippen molar-refractivity contribution >= 4 is 11.5 Å². The van der Waals surface area contributed by atoms with Crippen molar-refractivity contribution in [2.24, 2.45) is 0 Å². The summed E-state index contributed by atoms with van der Waals surface area (Å²) < 4.78 is 10.0. The van der Waals surface area contributed by atoms with E-state index in [1.165, 1.54) is 21.1 Å². The van der Waals surface area contributed by atoms with Gasteiger partial charge in [-0.2, -0.15) is 0 Å². The summed E-state index contributed by atoms with van der Waals surface area (Å²) in [4.78, 5) is 11.2. The van der Waals surface area contributed by atoms with Gasteiger partial charge in [-0.3, -0.25) is 4.79 Å². The molecule has 0 amide bonds. The van der Waals surface area contributed by atoms with Crippen LogP contribution < -0.4 is 15.2 Å². The number of nitrogens with two attached hydrogens (primary N) is 1. The maximum absolute atomic E-state index is 11.2. The lowest BCUT2D eigenvalue weighted by Gasteiger charge is -2.10. The van der Waals surface area contributed by atoms with Gasteiger partial charge in [0.15, 0.2) is 5.78 Å². The summed E-state index contributed by atoms with van der Waals surface area (Å²) in [5, 5.41) is 0. The highest BCUT2D eigenvalue weighted by Crippen LogP contribution is 2.31. The van der Waals surface area contributed by atoms with Crippen LogP contribution in [0.2, 0.25) is 0 Å². The molecule has 2 N–H and O–H groups in total. The standard InChI is InChI=1S/C10H13NO3/c1-6(12)8-4-7(13-2)5-9(14-3)10(8)11/h4-5H,11H2,1-3H3. The van der Waals surface area contributed by atoms with Gasteiger partial charge in [0.05, 0.1) is 19.9 Å². The molecule has 0 saturated heterocycles. The molecule has 4 heteroatoms. The first kappa shape index (κ1) is 10.4. The van der Waals surface area contributed by atoms with E-state index in [1.54, 1.807) is 12.1 Å².